The molecule has 10 heteroatoms. The lowest BCUT2D eigenvalue weighted by Crippen LogP contribution is -2.05. The van der Waals surface area contributed by atoms with Crippen LogP contribution in [-0.2, 0) is 12.6 Å². The number of para-hydroxylation sites is 1. The molecule has 0 aliphatic heterocycles. The first kappa shape index (κ1) is 23.9. The number of nitrogens with zero attached hydrogens (tertiary/aromatic N) is 5. The van der Waals surface area contributed by atoms with E-state index in [2.05, 4.69) is 15.0 Å². The highest BCUT2D eigenvalue weighted by Crippen LogP contribution is 2.46. The van der Waals surface area contributed by atoms with Crippen molar-refractivity contribution in [1.29, 1.82) is 0 Å². The molecule has 3 heterocycles. The van der Waals surface area contributed by atoms with Gasteiger partial charge in [0.15, 0.2) is 11.3 Å². The molecule has 3 aromatic heterocycles. The predicted octanol–water partition coefficient (Wildman–Crippen LogP) is 6.98. The van der Waals surface area contributed by atoms with Gasteiger partial charge in [-0.3, -0.25) is 0 Å². The summed E-state index contributed by atoms with van der Waals surface area (Å²) in [5.74, 6) is 1.57. The summed E-state index contributed by atoms with van der Waals surface area (Å²) in [6, 6.07) is 13.4. The quantitative estimate of drug-likeness (QED) is 0.226. The number of oxazole rings is 1. The van der Waals surface area contributed by atoms with Gasteiger partial charge in [0, 0.05) is 35.7 Å². The van der Waals surface area contributed by atoms with Crippen molar-refractivity contribution < 1.29 is 22.3 Å². The summed E-state index contributed by atoms with van der Waals surface area (Å²) >= 11 is 0. The number of fused-ring (bicyclic) bond motifs is 1. The average Bonchev–Trinajstić information content (AvgIpc) is 3.87. The number of halogens is 3. The number of methoxy groups -OCH3 is 1. The van der Waals surface area contributed by atoms with Gasteiger partial charge < -0.3 is 13.7 Å². The molecule has 0 amide bonds. The summed E-state index contributed by atoms with van der Waals surface area (Å²) in [5.41, 5.74) is 4.71. The van der Waals surface area contributed by atoms with Crippen molar-refractivity contribution in [1.82, 2.24) is 24.5 Å². The summed E-state index contributed by atoms with van der Waals surface area (Å²) in [6.07, 6.45) is 2.59. The maximum Gasteiger partial charge on any atom is 0.434 e. The highest BCUT2D eigenvalue weighted by Gasteiger charge is 2.37. The number of benzene rings is 2. The Morgan fingerprint density at radius 1 is 1.00 bits per heavy atom. The largest absolute Gasteiger partial charge is 0.480 e. The van der Waals surface area contributed by atoms with Gasteiger partial charge in [-0.2, -0.15) is 13.2 Å². The van der Waals surface area contributed by atoms with Crippen molar-refractivity contribution in [2.45, 2.75) is 50.2 Å². The van der Waals surface area contributed by atoms with Gasteiger partial charge in [0.1, 0.15) is 23.2 Å². The molecule has 0 bridgehead atoms. The Labute approximate surface area is 221 Å². The van der Waals surface area contributed by atoms with Crippen molar-refractivity contribution in [3.63, 3.8) is 0 Å². The monoisotopic (exact) mass is 531 g/mol. The Morgan fingerprint density at radius 2 is 1.79 bits per heavy atom. The summed E-state index contributed by atoms with van der Waals surface area (Å²) < 4.78 is 53.5. The van der Waals surface area contributed by atoms with Gasteiger partial charge in [0.05, 0.1) is 12.8 Å². The first-order valence-electron chi connectivity index (χ1n) is 12.9. The van der Waals surface area contributed by atoms with Gasteiger partial charge in [-0.1, -0.05) is 36.4 Å². The fourth-order valence-electron chi connectivity index (χ4n) is 5.02. The molecule has 7 nitrogen and oxygen atoms in total. The Kier molecular flexibility index (Phi) is 5.47. The van der Waals surface area contributed by atoms with E-state index in [0.29, 0.717) is 46.6 Å². The molecule has 2 saturated carbocycles. The van der Waals surface area contributed by atoms with E-state index in [9.17, 15) is 13.2 Å². The molecule has 39 heavy (non-hydrogen) atoms. The third kappa shape index (κ3) is 4.43. The zero-order chi connectivity index (χ0) is 26.7. The Balaban J connectivity index is 1.20. The summed E-state index contributed by atoms with van der Waals surface area (Å²) in [7, 11) is 1.57. The van der Waals surface area contributed by atoms with Crippen LogP contribution in [0.1, 0.15) is 60.2 Å². The summed E-state index contributed by atoms with van der Waals surface area (Å²) in [5, 5.41) is 0. The highest BCUT2D eigenvalue weighted by molar-refractivity contribution is 5.81. The normalized spacial score (nSPS) is 15.7. The molecule has 2 aliphatic rings. The van der Waals surface area contributed by atoms with Gasteiger partial charge in [0.25, 0.3) is 0 Å². The Morgan fingerprint density at radius 3 is 2.49 bits per heavy atom. The van der Waals surface area contributed by atoms with Crippen LogP contribution in [0.2, 0.25) is 0 Å². The van der Waals surface area contributed by atoms with E-state index in [1.165, 1.54) is 6.33 Å². The van der Waals surface area contributed by atoms with Crippen molar-refractivity contribution in [3.05, 3.63) is 77.5 Å². The van der Waals surface area contributed by atoms with Crippen LogP contribution < -0.4 is 4.74 Å². The number of alkyl halides is 3. The number of hydrogen-bond donors (Lipinski definition) is 0. The van der Waals surface area contributed by atoms with Crippen LogP contribution in [0.15, 0.2) is 59.4 Å². The van der Waals surface area contributed by atoms with E-state index < -0.39 is 11.9 Å². The zero-order valence-corrected chi connectivity index (χ0v) is 21.1. The van der Waals surface area contributed by atoms with E-state index in [4.69, 9.17) is 14.1 Å². The number of aromatic nitrogens is 5. The van der Waals surface area contributed by atoms with Crippen LogP contribution in [0.4, 0.5) is 13.2 Å². The Hall–Kier alpha value is -4.21. The molecule has 198 valence electrons. The van der Waals surface area contributed by atoms with Gasteiger partial charge in [-0.15, -0.1) is 0 Å². The Bertz CT molecular complexity index is 1680. The topological polar surface area (TPSA) is 78.9 Å². The van der Waals surface area contributed by atoms with Crippen LogP contribution in [0.3, 0.4) is 0 Å². The van der Waals surface area contributed by atoms with Crippen molar-refractivity contribution >= 4 is 11.1 Å². The van der Waals surface area contributed by atoms with Crippen LogP contribution in [-0.4, -0.2) is 31.6 Å². The van der Waals surface area contributed by atoms with Gasteiger partial charge in [0.2, 0.25) is 11.8 Å². The number of imidazole rings is 1. The van der Waals surface area contributed by atoms with Gasteiger partial charge >= 0.3 is 6.18 Å². The van der Waals surface area contributed by atoms with Crippen LogP contribution in [0.25, 0.3) is 33.9 Å². The van der Waals surface area contributed by atoms with Crippen LogP contribution in [0.5, 0.6) is 5.88 Å². The highest BCUT2D eigenvalue weighted by atomic mass is 19.4. The lowest BCUT2D eigenvalue weighted by molar-refractivity contribution is -0.140. The molecule has 5 aromatic rings. The maximum atomic E-state index is 13.3. The molecule has 2 fully saturated rings. The lowest BCUT2D eigenvalue weighted by atomic mass is 10.0. The molecule has 0 spiro atoms. The second-order valence-corrected chi connectivity index (χ2v) is 10.2. The molecule has 0 N–H and O–H groups in total. The van der Waals surface area contributed by atoms with E-state index in [-0.39, 0.29) is 6.04 Å². The molecule has 0 saturated heterocycles. The predicted molar refractivity (Wildman–Crippen MR) is 137 cm³/mol. The average molecular weight is 532 g/mol. The number of rotatable bonds is 7. The number of ether oxygens (including phenoxy) is 1. The van der Waals surface area contributed by atoms with E-state index >= 15 is 0 Å². The molecule has 2 aromatic carbocycles. The second-order valence-electron chi connectivity index (χ2n) is 10.2. The van der Waals surface area contributed by atoms with Crippen molar-refractivity contribution in [3.8, 4) is 28.7 Å². The summed E-state index contributed by atoms with van der Waals surface area (Å²) in [4.78, 5) is 17.4. The summed E-state index contributed by atoms with van der Waals surface area (Å²) in [6.45, 7) is 0. The minimum atomic E-state index is -4.47. The first-order valence-corrected chi connectivity index (χ1v) is 12.9. The zero-order valence-electron chi connectivity index (χ0n) is 21.1. The van der Waals surface area contributed by atoms with Crippen molar-refractivity contribution in [2.75, 3.05) is 7.11 Å². The molecule has 7 rings (SSSR count). The van der Waals surface area contributed by atoms with E-state index in [1.807, 2.05) is 42.5 Å². The lowest BCUT2D eigenvalue weighted by Gasteiger charge is -2.08. The molecular weight excluding hydrogens is 507 g/mol. The van der Waals surface area contributed by atoms with Crippen molar-refractivity contribution in [2.24, 2.45) is 0 Å². The van der Waals surface area contributed by atoms with Crippen LogP contribution in [0, 0.1) is 0 Å². The van der Waals surface area contributed by atoms with E-state index in [0.717, 1.165) is 54.2 Å². The third-order valence-corrected chi connectivity index (χ3v) is 7.28. The molecule has 0 atom stereocenters. The van der Waals surface area contributed by atoms with E-state index in [1.54, 1.807) is 11.7 Å². The minimum Gasteiger partial charge on any atom is -0.480 e. The molecular formula is C29H24F3N5O2. The fourth-order valence-corrected chi connectivity index (χ4v) is 5.02. The fraction of sp³-hybridized carbons (Fsp3) is 0.310. The maximum absolute atomic E-state index is 13.3. The SMILES string of the molecule is COc1ncnc(C2CC2)c1-c1nc2cccc(Cc3ccc(-c4nc(C(F)(F)F)cn4C4CC4)cc3)c2o1. The van der Waals surface area contributed by atoms with Gasteiger partial charge in [-0.05, 0) is 37.3 Å². The molecule has 0 unspecified atom stereocenters. The smallest absolute Gasteiger partial charge is 0.434 e. The first-order chi connectivity index (χ1) is 18.9. The molecule has 2 aliphatic carbocycles. The third-order valence-electron chi connectivity index (χ3n) is 7.28. The standard InChI is InChI=1S/C29H24F3N5O2/c1-38-27-23(24(17-9-10-17)33-15-34-27)28-35-21-4-2-3-19(25(21)39-28)13-16-5-7-18(8-6-16)26-36-22(29(30,31)32)14-37(26)20-11-12-20/h2-8,14-15,17,20H,9-13H2,1H3. The molecule has 0 radical (unpaired) electrons. The second kappa shape index (κ2) is 8.93. The number of hydrogen-bond acceptors (Lipinski definition) is 6. The van der Waals surface area contributed by atoms with Gasteiger partial charge in [-0.25, -0.2) is 19.9 Å². The minimum absolute atomic E-state index is 0.0793. The van der Waals surface area contributed by atoms with Crippen LogP contribution >= 0.6 is 0 Å².